The van der Waals surface area contributed by atoms with Crippen molar-refractivity contribution in [2.75, 3.05) is 12.3 Å². The minimum absolute atomic E-state index is 0.0657. The maximum atomic E-state index is 13.2. The second kappa shape index (κ2) is 6.07. The van der Waals surface area contributed by atoms with Crippen molar-refractivity contribution in [2.45, 2.75) is 12.7 Å². The topological polar surface area (TPSA) is 103 Å². The van der Waals surface area contributed by atoms with E-state index in [-0.39, 0.29) is 23.8 Å². The minimum atomic E-state index is -3.47. The van der Waals surface area contributed by atoms with E-state index in [1.807, 2.05) is 0 Å². The molecule has 19 heavy (non-hydrogen) atoms. The first-order chi connectivity index (χ1) is 8.73. The van der Waals surface area contributed by atoms with Crippen LogP contribution in [0.2, 0.25) is 0 Å². The molecule has 0 saturated heterocycles. The van der Waals surface area contributed by atoms with Gasteiger partial charge in [0.2, 0.25) is 0 Å². The Morgan fingerprint density at radius 3 is 2.58 bits per heavy atom. The van der Waals surface area contributed by atoms with Gasteiger partial charge in [-0.1, -0.05) is 6.92 Å². The number of sulfone groups is 1. The predicted molar refractivity (Wildman–Crippen MR) is 68.8 cm³/mol. The maximum Gasteiger partial charge on any atom is 0.272 e. The average molecular weight is 290 g/mol. The summed E-state index contributed by atoms with van der Waals surface area (Å²) in [6, 6.07) is 2.80. The van der Waals surface area contributed by atoms with Gasteiger partial charge in [-0.25, -0.2) is 12.8 Å². The molecule has 0 radical (unpaired) electrons. The largest absolute Gasteiger partial charge is 0.330 e. The molecule has 0 aliphatic heterocycles. The smallest absolute Gasteiger partial charge is 0.272 e. The Balaban J connectivity index is 2.96. The first kappa shape index (κ1) is 15.5. The van der Waals surface area contributed by atoms with E-state index in [2.05, 4.69) is 0 Å². The van der Waals surface area contributed by atoms with E-state index in [1.54, 1.807) is 6.92 Å². The number of rotatable bonds is 6. The molecular formula is C11H15FN2O4S. The molecule has 0 aromatic heterocycles. The molecule has 0 bridgehead atoms. The van der Waals surface area contributed by atoms with Crippen molar-refractivity contribution in [3.63, 3.8) is 0 Å². The molecule has 8 heteroatoms. The van der Waals surface area contributed by atoms with E-state index < -0.39 is 32.0 Å². The van der Waals surface area contributed by atoms with E-state index in [1.165, 1.54) is 0 Å². The minimum Gasteiger partial charge on any atom is -0.330 e. The molecule has 1 rings (SSSR count). The van der Waals surface area contributed by atoms with Crippen LogP contribution in [0.15, 0.2) is 18.2 Å². The predicted octanol–water partition coefficient (Wildman–Crippen LogP) is 1.24. The highest BCUT2D eigenvalue weighted by atomic mass is 32.2. The van der Waals surface area contributed by atoms with Gasteiger partial charge in [0.25, 0.3) is 5.69 Å². The van der Waals surface area contributed by atoms with Gasteiger partial charge in [-0.15, -0.1) is 0 Å². The Bertz CT molecular complexity index is 574. The summed E-state index contributed by atoms with van der Waals surface area (Å²) in [6.45, 7) is 1.91. The summed E-state index contributed by atoms with van der Waals surface area (Å²) < 4.78 is 36.8. The Kier molecular flexibility index (Phi) is 4.96. The lowest BCUT2D eigenvalue weighted by molar-refractivity contribution is -0.385. The molecular weight excluding hydrogens is 275 g/mol. The lowest BCUT2D eigenvalue weighted by Gasteiger charge is -2.09. The van der Waals surface area contributed by atoms with Crippen LogP contribution in [0.25, 0.3) is 0 Å². The number of nitrogens with two attached hydrogens (primary N) is 1. The summed E-state index contributed by atoms with van der Waals surface area (Å²) in [6.07, 6.45) is 0. The van der Waals surface area contributed by atoms with Crippen molar-refractivity contribution in [1.82, 2.24) is 0 Å². The SMILES string of the molecule is CC(CN)CS(=O)(=O)Cc1cc(F)cc([N+](=O)[O-])c1. The van der Waals surface area contributed by atoms with Crippen LogP contribution in [-0.4, -0.2) is 25.6 Å². The zero-order chi connectivity index (χ0) is 14.6. The average Bonchev–Trinajstić information content (AvgIpc) is 2.26. The molecule has 6 nitrogen and oxygen atoms in total. The molecule has 1 atom stereocenters. The molecule has 1 aromatic carbocycles. The van der Waals surface area contributed by atoms with Gasteiger partial charge in [0, 0.05) is 6.07 Å². The molecule has 0 heterocycles. The number of benzene rings is 1. The number of halogens is 1. The molecule has 0 aliphatic carbocycles. The fourth-order valence-corrected chi connectivity index (χ4v) is 3.43. The van der Waals surface area contributed by atoms with Crippen molar-refractivity contribution in [2.24, 2.45) is 11.7 Å². The molecule has 1 aromatic rings. The van der Waals surface area contributed by atoms with Crippen LogP contribution in [0.4, 0.5) is 10.1 Å². The third-order valence-corrected chi connectivity index (χ3v) is 4.33. The van der Waals surface area contributed by atoms with Crippen molar-refractivity contribution in [3.8, 4) is 0 Å². The van der Waals surface area contributed by atoms with E-state index in [4.69, 9.17) is 5.73 Å². The van der Waals surface area contributed by atoms with Gasteiger partial charge in [0.1, 0.15) is 5.82 Å². The van der Waals surface area contributed by atoms with E-state index in [0.717, 1.165) is 18.2 Å². The summed E-state index contributed by atoms with van der Waals surface area (Å²) >= 11 is 0. The molecule has 1 unspecified atom stereocenters. The highest BCUT2D eigenvalue weighted by Crippen LogP contribution is 2.19. The van der Waals surface area contributed by atoms with Crippen LogP contribution in [-0.2, 0) is 15.6 Å². The van der Waals surface area contributed by atoms with Gasteiger partial charge in [-0.3, -0.25) is 10.1 Å². The summed E-state index contributed by atoms with van der Waals surface area (Å²) in [5.41, 5.74) is 4.95. The molecule has 0 amide bonds. The van der Waals surface area contributed by atoms with Crippen LogP contribution in [0.3, 0.4) is 0 Å². The van der Waals surface area contributed by atoms with Gasteiger partial charge in [-0.2, -0.15) is 0 Å². The highest BCUT2D eigenvalue weighted by Gasteiger charge is 2.18. The number of nitro benzene ring substituents is 1. The van der Waals surface area contributed by atoms with Gasteiger partial charge >= 0.3 is 0 Å². The van der Waals surface area contributed by atoms with Crippen LogP contribution >= 0.6 is 0 Å². The zero-order valence-electron chi connectivity index (χ0n) is 10.4. The molecule has 0 fully saturated rings. The van der Waals surface area contributed by atoms with Crippen LogP contribution < -0.4 is 5.73 Å². The Labute approximate surface area is 110 Å². The Hall–Kier alpha value is -1.54. The van der Waals surface area contributed by atoms with Gasteiger partial charge in [-0.05, 0) is 24.1 Å². The van der Waals surface area contributed by atoms with Gasteiger partial charge in [0.15, 0.2) is 9.84 Å². The van der Waals surface area contributed by atoms with Crippen molar-refractivity contribution >= 4 is 15.5 Å². The Morgan fingerprint density at radius 1 is 1.42 bits per heavy atom. The fraction of sp³-hybridized carbons (Fsp3) is 0.455. The summed E-state index contributed by atoms with van der Waals surface area (Å²) in [5, 5.41) is 10.6. The molecule has 0 saturated carbocycles. The monoisotopic (exact) mass is 290 g/mol. The van der Waals surface area contributed by atoms with Crippen LogP contribution in [0.5, 0.6) is 0 Å². The van der Waals surface area contributed by atoms with E-state index >= 15 is 0 Å². The number of nitro groups is 1. The number of nitrogens with zero attached hydrogens (tertiary/aromatic N) is 1. The summed E-state index contributed by atoms with van der Waals surface area (Å²) in [4.78, 5) is 9.81. The molecule has 2 N–H and O–H groups in total. The standard InChI is InChI=1S/C11H15FN2O4S/c1-8(5-13)6-19(17,18)7-9-2-10(12)4-11(3-9)14(15)16/h2-4,8H,5-7,13H2,1H3. The zero-order valence-corrected chi connectivity index (χ0v) is 11.2. The van der Waals surface area contributed by atoms with Crippen LogP contribution in [0, 0.1) is 21.8 Å². The second-order valence-electron chi connectivity index (χ2n) is 4.47. The fourth-order valence-electron chi connectivity index (χ4n) is 1.64. The highest BCUT2D eigenvalue weighted by molar-refractivity contribution is 7.90. The molecule has 106 valence electrons. The third-order valence-electron chi connectivity index (χ3n) is 2.48. The number of hydrogen-bond donors (Lipinski definition) is 1. The van der Waals surface area contributed by atoms with E-state index in [9.17, 15) is 22.9 Å². The van der Waals surface area contributed by atoms with Crippen molar-refractivity contribution in [1.29, 1.82) is 0 Å². The quantitative estimate of drug-likeness (QED) is 0.627. The maximum absolute atomic E-state index is 13.2. The van der Waals surface area contributed by atoms with Crippen molar-refractivity contribution < 1.29 is 17.7 Å². The first-order valence-corrected chi connectivity index (χ1v) is 7.40. The number of non-ortho nitro benzene ring substituents is 1. The normalized spacial score (nSPS) is 13.2. The summed E-state index contributed by atoms with van der Waals surface area (Å²) in [5.74, 6) is -1.61. The summed E-state index contributed by atoms with van der Waals surface area (Å²) in [7, 11) is -3.47. The number of hydrogen-bond acceptors (Lipinski definition) is 5. The van der Waals surface area contributed by atoms with E-state index in [0.29, 0.717) is 0 Å². The van der Waals surface area contributed by atoms with Crippen LogP contribution in [0.1, 0.15) is 12.5 Å². The third kappa shape index (κ3) is 4.92. The van der Waals surface area contributed by atoms with Crippen molar-refractivity contribution in [3.05, 3.63) is 39.7 Å². The second-order valence-corrected chi connectivity index (χ2v) is 6.58. The lowest BCUT2D eigenvalue weighted by atomic mass is 10.2. The molecule has 0 aliphatic rings. The van der Waals surface area contributed by atoms with Gasteiger partial charge in [0.05, 0.1) is 22.5 Å². The first-order valence-electron chi connectivity index (χ1n) is 5.58. The Morgan fingerprint density at radius 2 is 2.05 bits per heavy atom. The lowest BCUT2D eigenvalue weighted by Crippen LogP contribution is -2.22. The van der Waals surface area contributed by atoms with Gasteiger partial charge < -0.3 is 5.73 Å². The molecule has 0 spiro atoms.